The summed E-state index contributed by atoms with van der Waals surface area (Å²) in [5.74, 6) is -4.52. The third-order valence-electron chi connectivity index (χ3n) is 5.62. The Labute approximate surface area is 241 Å². The summed E-state index contributed by atoms with van der Waals surface area (Å²) in [5, 5.41) is 10.3. The number of methoxy groups -OCH3 is 2. The van der Waals surface area contributed by atoms with Crippen LogP contribution in [0.2, 0.25) is 0 Å². The molecule has 0 aromatic carbocycles. The molecule has 14 nitrogen and oxygen atoms in total. The molecule has 0 unspecified atom stereocenters. The first-order chi connectivity index (χ1) is 19.0. The van der Waals surface area contributed by atoms with Gasteiger partial charge in [-0.05, 0) is 12.8 Å². The number of ketones is 2. The maximum atomic E-state index is 12.1. The van der Waals surface area contributed by atoms with E-state index < -0.39 is 47.6 Å². The van der Waals surface area contributed by atoms with Gasteiger partial charge in [0, 0.05) is 44.4 Å². The van der Waals surface area contributed by atoms with Crippen LogP contribution in [0.3, 0.4) is 0 Å². The number of Topliss-reactive ketones (excluding diaryl/α,β-unsaturated/α-hetero) is 2. The van der Waals surface area contributed by atoms with Crippen molar-refractivity contribution in [3.8, 4) is 0 Å². The number of nitrogens with one attached hydrogen (secondary N) is 1. The second kappa shape index (κ2) is 24.0. The minimum atomic E-state index is -0.804. The van der Waals surface area contributed by atoms with Gasteiger partial charge in [0.2, 0.25) is 17.7 Å². The van der Waals surface area contributed by atoms with Crippen LogP contribution in [0.1, 0.15) is 86.0 Å². The van der Waals surface area contributed by atoms with Crippen molar-refractivity contribution < 1.29 is 52.9 Å². The molecule has 0 spiro atoms. The highest BCUT2D eigenvalue weighted by atomic mass is 16.5. The predicted molar refractivity (Wildman–Crippen MR) is 148 cm³/mol. The van der Waals surface area contributed by atoms with Crippen LogP contribution >= 0.6 is 0 Å². The Morgan fingerprint density at radius 2 is 1.07 bits per heavy atom. The summed E-state index contributed by atoms with van der Waals surface area (Å²) in [6, 6.07) is -0.804. The van der Waals surface area contributed by atoms with Crippen molar-refractivity contribution in [1.29, 1.82) is 0 Å². The Balaban J connectivity index is -0.000000614. The third kappa shape index (κ3) is 23.7. The number of carboxylic acid groups (broad SMARTS) is 1. The summed E-state index contributed by atoms with van der Waals surface area (Å²) < 4.78 is 9.07. The predicted octanol–water partition coefficient (Wildman–Crippen LogP) is 1.05. The average Bonchev–Trinajstić information content (AvgIpc) is 2.92. The molecule has 0 heterocycles. The van der Waals surface area contributed by atoms with Crippen LogP contribution in [0.25, 0.3) is 0 Å². The van der Waals surface area contributed by atoms with Gasteiger partial charge in [-0.15, -0.1) is 0 Å². The highest BCUT2D eigenvalue weighted by molar-refractivity contribution is 5.92. The second-order valence-corrected chi connectivity index (χ2v) is 9.32. The van der Waals surface area contributed by atoms with Crippen molar-refractivity contribution in [3.63, 3.8) is 0 Å². The lowest BCUT2D eigenvalue weighted by Crippen LogP contribution is -2.42. The van der Waals surface area contributed by atoms with E-state index >= 15 is 0 Å². The minimum absolute atomic E-state index is 0.00694. The van der Waals surface area contributed by atoms with Crippen molar-refractivity contribution in [2.24, 2.45) is 29.2 Å². The highest BCUT2D eigenvalue weighted by Gasteiger charge is 2.25. The minimum Gasteiger partial charge on any atom is -0.481 e. The summed E-state index contributed by atoms with van der Waals surface area (Å²) in [5.41, 5.74) is 10.0. The fourth-order valence-corrected chi connectivity index (χ4v) is 2.93. The van der Waals surface area contributed by atoms with E-state index in [2.05, 4.69) is 14.8 Å². The molecule has 0 aromatic rings. The van der Waals surface area contributed by atoms with Crippen LogP contribution in [0.4, 0.5) is 0 Å². The van der Waals surface area contributed by atoms with Crippen molar-refractivity contribution in [2.75, 3.05) is 14.2 Å². The van der Waals surface area contributed by atoms with Gasteiger partial charge in [0.05, 0.1) is 32.1 Å². The van der Waals surface area contributed by atoms with E-state index in [-0.39, 0.29) is 68.3 Å². The molecular weight excluding hydrogens is 542 g/mol. The number of nitrogens with two attached hydrogens (primary N) is 2. The topological polar surface area (TPSA) is 239 Å². The van der Waals surface area contributed by atoms with Crippen LogP contribution in [0.15, 0.2) is 0 Å². The average molecular weight is 590 g/mol. The number of aliphatic carboxylic acids is 1. The van der Waals surface area contributed by atoms with E-state index in [0.717, 1.165) is 0 Å². The molecule has 0 saturated heterocycles. The number of primary amides is 2. The molecule has 14 heteroatoms. The molecule has 4 atom stereocenters. The first-order valence-electron chi connectivity index (χ1n) is 13.3. The summed E-state index contributed by atoms with van der Waals surface area (Å²) >= 11 is 0. The van der Waals surface area contributed by atoms with E-state index in [1.54, 1.807) is 34.6 Å². The van der Waals surface area contributed by atoms with E-state index in [1.807, 2.05) is 0 Å². The zero-order chi connectivity index (χ0) is 32.7. The fourth-order valence-electron chi connectivity index (χ4n) is 2.93. The number of hydrogen-bond acceptors (Lipinski definition) is 10. The van der Waals surface area contributed by atoms with Crippen LogP contribution in [-0.4, -0.2) is 72.6 Å². The Bertz CT molecular complexity index is 890. The SMILES string of the molecule is CCC(=O)N[C@H](CCC(N)=O)C(=O)C[C@@H](C)C(=O)OC.CCC(=O)O.COC(=O)[C@H](C)CC(=O)[C@H](C)CCC(N)=O. The summed E-state index contributed by atoms with van der Waals surface area (Å²) in [7, 11) is 2.53. The number of esters is 2. The van der Waals surface area contributed by atoms with E-state index in [1.165, 1.54) is 14.2 Å². The van der Waals surface area contributed by atoms with Gasteiger partial charge >= 0.3 is 17.9 Å². The maximum absolute atomic E-state index is 12.1. The lowest BCUT2D eigenvalue weighted by atomic mass is 9.93. The van der Waals surface area contributed by atoms with Gasteiger partial charge in [-0.2, -0.15) is 0 Å². The number of rotatable bonds is 17. The molecule has 41 heavy (non-hydrogen) atoms. The summed E-state index contributed by atoms with van der Waals surface area (Å²) in [6.07, 6.45) is 1.29. The number of hydrogen-bond donors (Lipinski definition) is 4. The number of carbonyl (C=O) groups is 8. The van der Waals surface area contributed by atoms with E-state index in [0.29, 0.717) is 6.42 Å². The third-order valence-corrected chi connectivity index (χ3v) is 5.62. The largest absolute Gasteiger partial charge is 0.481 e. The Kier molecular flexibility index (Phi) is 24.4. The van der Waals surface area contributed by atoms with Crippen LogP contribution in [0.5, 0.6) is 0 Å². The first-order valence-corrected chi connectivity index (χ1v) is 13.3. The summed E-state index contributed by atoms with van der Waals surface area (Å²) in [6.45, 7) is 8.20. The fraction of sp³-hybridized carbons (Fsp3) is 0.704. The van der Waals surface area contributed by atoms with Gasteiger partial charge in [0.25, 0.3) is 0 Å². The smallest absolute Gasteiger partial charge is 0.308 e. The van der Waals surface area contributed by atoms with Gasteiger partial charge in [-0.25, -0.2) is 0 Å². The maximum Gasteiger partial charge on any atom is 0.308 e. The number of carboxylic acids is 1. The van der Waals surface area contributed by atoms with E-state index in [9.17, 15) is 38.4 Å². The number of amides is 3. The first kappa shape index (κ1) is 41.6. The van der Waals surface area contributed by atoms with Crippen LogP contribution in [-0.2, 0) is 47.8 Å². The molecular formula is C27H47N3O11. The molecule has 0 aliphatic rings. The second-order valence-electron chi connectivity index (χ2n) is 9.32. The summed E-state index contributed by atoms with van der Waals surface area (Å²) in [4.78, 5) is 88.1. The number of carbonyl (C=O) groups excluding carboxylic acids is 7. The molecule has 0 bridgehead atoms. The highest BCUT2D eigenvalue weighted by Crippen LogP contribution is 2.14. The van der Waals surface area contributed by atoms with Gasteiger partial charge < -0.3 is 31.4 Å². The quantitative estimate of drug-likeness (QED) is 0.175. The zero-order valence-corrected chi connectivity index (χ0v) is 25.2. The monoisotopic (exact) mass is 589 g/mol. The molecule has 3 amide bonds. The van der Waals surface area contributed by atoms with Gasteiger partial charge in [0.1, 0.15) is 5.78 Å². The molecule has 0 aromatic heterocycles. The normalized spacial score (nSPS) is 12.8. The van der Waals surface area contributed by atoms with E-state index in [4.69, 9.17) is 16.6 Å². The lowest BCUT2D eigenvalue weighted by Gasteiger charge is -2.18. The molecule has 0 rings (SSSR count). The van der Waals surface area contributed by atoms with Crippen LogP contribution < -0.4 is 16.8 Å². The Morgan fingerprint density at radius 1 is 0.683 bits per heavy atom. The Morgan fingerprint density at radius 3 is 1.41 bits per heavy atom. The van der Waals surface area contributed by atoms with Crippen molar-refractivity contribution in [3.05, 3.63) is 0 Å². The molecule has 0 radical (unpaired) electrons. The van der Waals surface area contributed by atoms with Crippen molar-refractivity contribution >= 4 is 47.2 Å². The molecule has 0 saturated carbocycles. The van der Waals surface area contributed by atoms with Gasteiger partial charge in [-0.3, -0.25) is 38.4 Å². The van der Waals surface area contributed by atoms with Gasteiger partial charge in [0.15, 0.2) is 5.78 Å². The molecule has 236 valence electrons. The molecule has 6 N–H and O–H groups in total. The van der Waals surface area contributed by atoms with Gasteiger partial charge in [-0.1, -0.05) is 34.6 Å². The van der Waals surface area contributed by atoms with Crippen molar-refractivity contribution in [1.82, 2.24) is 5.32 Å². The molecule has 0 fully saturated rings. The zero-order valence-electron chi connectivity index (χ0n) is 25.2. The lowest BCUT2D eigenvalue weighted by molar-refractivity contribution is -0.147. The number of ether oxygens (including phenoxy) is 2. The molecule has 0 aliphatic heterocycles. The molecule has 0 aliphatic carbocycles. The van der Waals surface area contributed by atoms with Crippen LogP contribution in [0, 0.1) is 17.8 Å². The van der Waals surface area contributed by atoms with Crippen molar-refractivity contribution in [2.45, 2.75) is 92.0 Å². The standard InChI is InChI=1S/C13H22N2O5.C11H19NO4.C3H6O2/c1-4-12(18)15-9(5-6-11(14)17)10(16)7-8(2)13(19)20-3;1-7(4-5-10(12)14)9(13)6-8(2)11(15)16-3;1-2-3(4)5/h8-9H,4-7H2,1-3H3,(H2,14,17)(H,15,18);7-8H,4-6H2,1-3H3,(H2,12,14);2H2,1H3,(H,4,5)/t8-,9-;7-,8-;/m11./s1. The Hall–Kier alpha value is -3.84.